The molecule has 1 amide bonds. The molecule has 0 saturated carbocycles. The average Bonchev–Trinajstić information content (AvgIpc) is 3.14. The zero-order chi connectivity index (χ0) is 22.2. The summed E-state index contributed by atoms with van der Waals surface area (Å²) in [5, 5.41) is 12.6. The smallest absolute Gasteiger partial charge is 0.346 e. The van der Waals surface area contributed by atoms with Crippen LogP contribution in [0.5, 0.6) is 0 Å². The first-order chi connectivity index (χ1) is 14.8. The van der Waals surface area contributed by atoms with Gasteiger partial charge in [0.25, 0.3) is 5.91 Å². The zero-order valence-electron chi connectivity index (χ0n) is 16.6. The van der Waals surface area contributed by atoms with Gasteiger partial charge in [-0.3, -0.25) is 14.2 Å². The lowest BCUT2D eigenvalue weighted by molar-refractivity contribution is -0.147. The maximum atomic E-state index is 15.2. The van der Waals surface area contributed by atoms with Gasteiger partial charge in [0.05, 0.1) is 11.1 Å². The van der Waals surface area contributed by atoms with Gasteiger partial charge in [0.15, 0.2) is 0 Å². The molecular formula is C24H19FN2O4. The van der Waals surface area contributed by atoms with E-state index in [4.69, 9.17) is 0 Å². The van der Waals surface area contributed by atoms with Crippen molar-refractivity contribution >= 4 is 34.3 Å². The monoisotopic (exact) mass is 418 g/mol. The lowest BCUT2D eigenvalue weighted by Gasteiger charge is -2.25. The molecule has 1 unspecified atom stereocenters. The third kappa shape index (κ3) is 3.77. The van der Waals surface area contributed by atoms with Crippen LogP contribution in [0.25, 0.3) is 16.5 Å². The molecule has 1 atom stereocenters. The molecule has 1 aliphatic rings. The third-order valence-electron chi connectivity index (χ3n) is 5.22. The fraction of sp³-hybridized carbons (Fsp3) is 0.125. The summed E-state index contributed by atoms with van der Waals surface area (Å²) in [6, 6.07) is 15.8. The number of carbonyl (C=O) groups excluding carboxylic acids is 2. The fourth-order valence-electron chi connectivity index (χ4n) is 3.72. The number of alkyl halides is 1. The number of rotatable bonds is 4. The maximum Gasteiger partial charge on any atom is 0.346 e. The summed E-state index contributed by atoms with van der Waals surface area (Å²) in [5.74, 6) is -2.46. The molecule has 0 radical (unpaired) electrons. The number of carboxylic acid groups (broad SMARTS) is 1. The molecule has 4 rings (SSSR count). The number of fused-ring (bicyclic) bond motifs is 1. The van der Waals surface area contributed by atoms with Gasteiger partial charge < -0.3 is 10.4 Å². The molecule has 1 aliphatic carbocycles. The Bertz CT molecular complexity index is 1270. The van der Waals surface area contributed by atoms with Gasteiger partial charge in [0, 0.05) is 30.6 Å². The molecule has 7 heteroatoms. The molecule has 6 nitrogen and oxygen atoms in total. The number of carbonyl (C=O) groups is 3. The summed E-state index contributed by atoms with van der Waals surface area (Å²) in [4.78, 5) is 36.6. The van der Waals surface area contributed by atoms with Gasteiger partial charge in [-0.1, -0.05) is 48.5 Å². The van der Waals surface area contributed by atoms with Crippen LogP contribution in [0.3, 0.4) is 0 Å². The van der Waals surface area contributed by atoms with Crippen molar-refractivity contribution in [3.63, 3.8) is 0 Å². The number of aromatic nitrogens is 1. The number of benzene rings is 2. The lowest BCUT2D eigenvalue weighted by atomic mass is 9.86. The molecule has 1 aromatic heterocycles. The molecule has 0 saturated heterocycles. The van der Waals surface area contributed by atoms with E-state index in [1.165, 1.54) is 17.7 Å². The van der Waals surface area contributed by atoms with Gasteiger partial charge in [-0.2, -0.15) is 0 Å². The largest absolute Gasteiger partial charge is 0.479 e. The molecule has 0 fully saturated rings. The molecule has 0 aliphatic heterocycles. The van der Waals surface area contributed by atoms with E-state index in [1.807, 2.05) is 0 Å². The highest BCUT2D eigenvalue weighted by Crippen LogP contribution is 2.35. The molecule has 1 heterocycles. The Labute approximate surface area is 177 Å². The number of hydrogen-bond donors (Lipinski definition) is 2. The second kappa shape index (κ2) is 7.68. The van der Waals surface area contributed by atoms with Crippen LogP contribution in [0, 0.1) is 0 Å². The van der Waals surface area contributed by atoms with E-state index >= 15 is 4.39 Å². The van der Waals surface area contributed by atoms with Crippen molar-refractivity contribution in [1.29, 1.82) is 0 Å². The Kier molecular flexibility index (Phi) is 5.02. The van der Waals surface area contributed by atoms with Crippen LogP contribution in [0.2, 0.25) is 0 Å². The SMILES string of the molecule is CC(=O)n1cc(C(=O)NC2=CC(F)(C(=O)O)CC(c3ccccc3)=C2)c2ccccc21. The molecule has 2 N–H and O–H groups in total. The van der Waals surface area contributed by atoms with Crippen molar-refractivity contribution in [2.75, 3.05) is 0 Å². The van der Waals surface area contributed by atoms with Gasteiger partial charge in [-0.05, 0) is 29.4 Å². The van der Waals surface area contributed by atoms with Crippen LogP contribution >= 0.6 is 0 Å². The third-order valence-corrected chi connectivity index (χ3v) is 5.22. The predicted octanol–water partition coefficient (Wildman–Crippen LogP) is 4.20. The zero-order valence-corrected chi connectivity index (χ0v) is 16.6. The number of halogens is 1. The van der Waals surface area contributed by atoms with E-state index in [0.717, 1.165) is 6.08 Å². The standard InChI is InChI=1S/C24H19FN2O4/c1-15(28)27-14-20(19-9-5-6-10-21(19)27)22(29)26-18-11-17(16-7-3-2-4-8-16)12-24(25,13-18)23(30)31/h2-11,13-14H,12H2,1H3,(H,26,29)(H,30,31). The van der Waals surface area contributed by atoms with E-state index < -0.39 is 17.5 Å². The van der Waals surface area contributed by atoms with E-state index in [0.29, 0.717) is 22.0 Å². The maximum absolute atomic E-state index is 15.2. The van der Waals surface area contributed by atoms with E-state index in [1.54, 1.807) is 60.7 Å². The fourth-order valence-corrected chi connectivity index (χ4v) is 3.72. The van der Waals surface area contributed by atoms with Crippen LogP contribution in [0.1, 0.15) is 34.1 Å². The van der Waals surface area contributed by atoms with Crippen molar-refractivity contribution in [3.05, 3.63) is 89.8 Å². The first-order valence-corrected chi connectivity index (χ1v) is 9.62. The summed E-state index contributed by atoms with van der Waals surface area (Å²) in [5.41, 5.74) is -0.695. The lowest BCUT2D eigenvalue weighted by Crippen LogP contribution is -2.36. The molecule has 0 spiro atoms. The van der Waals surface area contributed by atoms with Crippen LogP contribution in [0.4, 0.5) is 4.39 Å². The van der Waals surface area contributed by atoms with Crippen molar-refractivity contribution in [3.8, 4) is 0 Å². The van der Waals surface area contributed by atoms with Gasteiger partial charge in [-0.25, -0.2) is 9.18 Å². The van der Waals surface area contributed by atoms with Gasteiger partial charge in [0.1, 0.15) is 0 Å². The minimum Gasteiger partial charge on any atom is -0.479 e. The highest BCUT2D eigenvalue weighted by atomic mass is 19.1. The molecule has 31 heavy (non-hydrogen) atoms. The average molecular weight is 418 g/mol. The van der Waals surface area contributed by atoms with E-state index in [2.05, 4.69) is 5.32 Å². The first-order valence-electron chi connectivity index (χ1n) is 9.62. The number of hydrogen-bond acceptors (Lipinski definition) is 3. The Morgan fingerprint density at radius 3 is 2.42 bits per heavy atom. The van der Waals surface area contributed by atoms with Crippen LogP contribution in [-0.2, 0) is 4.79 Å². The highest BCUT2D eigenvalue weighted by Gasteiger charge is 2.40. The molecule has 156 valence electrons. The Morgan fingerprint density at radius 2 is 1.74 bits per heavy atom. The van der Waals surface area contributed by atoms with E-state index in [9.17, 15) is 19.5 Å². The Balaban J connectivity index is 1.73. The Hall–Kier alpha value is -4.00. The van der Waals surface area contributed by atoms with Gasteiger partial charge >= 0.3 is 5.97 Å². The van der Waals surface area contributed by atoms with Gasteiger partial charge in [-0.15, -0.1) is 0 Å². The first kappa shape index (κ1) is 20.3. The number of carboxylic acids is 1. The summed E-state index contributed by atoms with van der Waals surface area (Å²) in [6.45, 7) is 1.39. The number of allylic oxidation sites excluding steroid dienone is 2. The number of aliphatic carboxylic acids is 1. The van der Waals surface area contributed by atoms with Crippen molar-refractivity contribution in [2.45, 2.75) is 19.0 Å². The minimum absolute atomic E-state index is 0.0414. The van der Waals surface area contributed by atoms with Crippen LogP contribution < -0.4 is 5.32 Å². The molecule has 0 bridgehead atoms. The Morgan fingerprint density at radius 1 is 1.06 bits per heavy atom. The topological polar surface area (TPSA) is 88.4 Å². The number of nitrogens with one attached hydrogen (secondary N) is 1. The highest BCUT2D eigenvalue weighted by molar-refractivity contribution is 6.10. The number of nitrogens with zero attached hydrogens (tertiary/aromatic N) is 1. The van der Waals surface area contributed by atoms with Crippen LogP contribution in [0.15, 0.2) is 78.6 Å². The molecular weight excluding hydrogens is 399 g/mol. The molecule has 2 aromatic carbocycles. The van der Waals surface area contributed by atoms with Crippen molar-refractivity contribution in [2.24, 2.45) is 0 Å². The normalized spacial score (nSPS) is 18.3. The minimum atomic E-state index is -2.66. The van der Waals surface area contributed by atoms with E-state index in [-0.39, 0.29) is 23.6 Å². The quantitative estimate of drug-likeness (QED) is 0.665. The predicted molar refractivity (Wildman–Crippen MR) is 114 cm³/mol. The van der Waals surface area contributed by atoms with Gasteiger partial charge in [0.2, 0.25) is 11.6 Å². The summed E-state index contributed by atoms with van der Waals surface area (Å²) >= 11 is 0. The summed E-state index contributed by atoms with van der Waals surface area (Å²) in [7, 11) is 0. The van der Waals surface area contributed by atoms with Crippen molar-refractivity contribution in [1.82, 2.24) is 9.88 Å². The number of amides is 1. The van der Waals surface area contributed by atoms with Crippen LogP contribution in [-0.4, -0.2) is 33.1 Å². The second-order valence-corrected chi connectivity index (χ2v) is 7.38. The second-order valence-electron chi connectivity index (χ2n) is 7.38. The summed E-state index contributed by atoms with van der Waals surface area (Å²) < 4.78 is 16.5. The molecule has 3 aromatic rings. The summed E-state index contributed by atoms with van der Waals surface area (Å²) in [6.07, 6.45) is 3.55. The van der Waals surface area contributed by atoms with Crippen molar-refractivity contribution < 1.29 is 23.9 Å². The number of para-hydroxylation sites is 1.